The van der Waals surface area contributed by atoms with E-state index in [0.29, 0.717) is 24.9 Å². The fourth-order valence-electron chi connectivity index (χ4n) is 1.88. The molecule has 2 nitrogen and oxygen atoms in total. The minimum absolute atomic E-state index is 0.354. The van der Waals surface area contributed by atoms with Gasteiger partial charge in [0.1, 0.15) is 0 Å². The summed E-state index contributed by atoms with van der Waals surface area (Å²) in [5, 5.41) is 0. The standard InChI is InChI=1S/C9H15F2NO/c1-3-7-5-12(4-6(7)2)9(13)8(10)11/h6-8H,3-5H2,1-2H3. The van der Waals surface area contributed by atoms with E-state index in [0.717, 1.165) is 6.42 Å². The number of carbonyl (C=O) groups excluding carboxylic acids is 1. The van der Waals surface area contributed by atoms with Crippen molar-refractivity contribution in [2.75, 3.05) is 13.1 Å². The molecule has 2 unspecified atom stereocenters. The number of rotatable bonds is 2. The van der Waals surface area contributed by atoms with Crippen molar-refractivity contribution in [3.05, 3.63) is 0 Å². The van der Waals surface area contributed by atoms with Crippen LogP contribution in [0.1, 0.15) is 20.3 Å². The van der Waals surface area contributed by atoms with Gasteiger partial charge in [-0.1, -0.05) is 20.3 Å². The Kier molecular flexibility index (Phi) is 3.22. The Bertz CT molecular complexity index is 196. The van der Waals surface area contributed by atoms with Gasteiger partial charge in [0.15, 0.2) is 0 Å². The van der Waals surface area contributed by atoms with E-state index < -0.39 is 12.3 Å². The number of amides is 1. The van der Waals surface area contributed by atoms with Crippen LogP contribution in [-0.4, -0.2) is 30.3 Å². The quantitative estimate of drug-likeness (QED) is 0.651. The molecule has 1 amide bonds. The molecule has 76 valence electrons. The number of hydrogen-bond acceptors (Lipinski definition) is 1. The normalized spacial score (nSPS) is 28.5. The molecule has 0 aromatic heterocycles. The number of nitrogens with zero attached hydrogens (tertiary/aromatic N) is 1. The number of likely N-dealkylation sites (tertiary alicyclic amines) is 1. The lowest BCUT2D eigenvalue weighted by Gasteiger charge is -2.14. The minimum atomic E-state index is -2.84. The van der Waals surface area contributed by atoms with Crippen molar-refractivity contribution in [2.24, 2.45) is 11.8 Å². The molecule has 0 radical (unpaired) electrons. The highest BCUT2D eigenvalue weighted by atomic mass is 19.3. The first-order chi connectivity index (χ1) is 6.06. The van der Waals surface area contributed by atoms with E-state index in [-0.39, 0.29) is 0 Å². The predicted octanol–water partition coefficient (Wildman–Crippen LogP) is 1.76. The van der Waals surface area contributed by atoms with Crippen LogP contribution in [0.3, 0.4) is 0 Å². The molecule has 1 aliphatic heterocycles. The molecule has 0 N–H and O–H groups in total. The van der Waals surface area contributed by atoms with Crippen LogP contribution in [0.25, 0.3) is 0 Å². The Morgan fingerprint density at radius 3 is 2.54 bits per heavy atom. The van der Waals surface area contributed by atoms with E-state index in [9.17, 15) is 13.6 Å². The van der Waals surface area contributed by atoms with Gasteiger partial charge < -0.3 is 4.90 Å². The lowest BCUT2D eigenvalue weighted by molar-refractivity contribution is -0.141. The molecule has 1 heterocycles. The van der Waals surface area contributed by atoms with Gasteiger partial charge in [-0.3, -0.25) is 4.79 Å². The summed E-state index contributed by atoms with van der Waals surface area (Å²) in [6.45, 7) is 5.02. The smallest absolute Gasteiger partial charge is 0.315 e. The van der Waals surface area contributed by atoms with Gasteiger partial charge in [-0.2, -0.15) is 8.78 Å². The molecule has 1 saturated heterocycles. The predicted molar refractivity (Wildman–Crippen MR) is 45.5 cm³/mol. The van der Waals surface area contributed by atoms with E-state index >= 15 is 0 Å². The van der Waals surface area contributed by atoms with Gasteiger partial charge in [0.25, 0.3) is 5.91 Å². The second-order valence-corrected chi connectivity index (χ2v) is 3.69. The van der Waals surface area contributed by atoms with Crippen LogP contribution < -0.4 is 0 Å². The van der Waals surface area contributed by atoms with Gasteiger partial charge >= 0.3 is 6.43 Å². The molecule has 1 fully saturated rings. The molecular formula is C9H15F2NO. The first kappa shape index (κ1) is 10.4. The first-order valence-electron chi connectivity index (χ1n) is 4.63. The SMILES string of the molecule is CCC1CN(C(=O)C(F)F)CC1C. The van der Waals surface area contributed by atoms with Crippen LogP contribution in [0, 0.1) is 11.8 Å². The molecule has 0 bridgehead atoms. The monoisotopic (exact) mass is 191 g/mol. The van der Waals surface area contributed by atoms with Gasteiger partial charge in [-0.25, -0.2) is 0 Å². The summed E-state index contributed by atoms with van der Waals surface area (Å²) >= 11 is 0. The van der Waals surface area contributed by atoms with E-state index in [1.54, 1.807) is 0 Å². The van der Waals surface area contributed by atoms with E-state index in [2.05, 4.69) is 0 Å². The second-order valence-electron chi connectivity index (χ2n) is 3.69. The Labute approximate surface area is 76.9 Å². The summed E-state index contributed by atoms with van der Waals surface area (Å²) < 4.78 is 24.1. The number of halogens is 2. The highest BCUT2D eigenvalue weighted by molar-refractivity contribution is 5.79. The minimum Gasteiger partial charge on any atom is -0.337 e. The third-order valence-corrected chi connectivity index (χ3v) is 2.79. The van der Waals surface area contributed by atoms with Crippen molar-refractivity contribution >= 4 is 5.91 Å². The summed E-state index contributed by atoms with van der Waals surface area (Å²) in [7, 11) is 0. The Balaban J connectivity index is 2.53. The highest BCUT2D eigenvalue weighted by Gasteiger charge is 2.34. The Morgan fingerprint density at radius 2 is 2.15 bits per heavy atom. The zero-order valence-corrected chi connectivity index (χ0v) is 7.96. The van der Waals surface area contributed by atoms with Crippen LogP contribution >= 0.6 is 0 Å². The molecule has 0 aliphatic carbocycles. The van der Waals surface area contributed by atoms with Gasteiger partial charge in [-0.05, 0) is 11.8 Å². The van der Waals surface area contributed by atoms with Crippen LogP contribution in [0.2, 0.25) is 0 Å². The Morgan fingerprint density at radius 1 is 1.54 bits per heavy atom. The van der Waals surface area contributed by atoms with Crippen molar-refractivity contribution in [1.82, 2.24) is 4.90 Å². The first-order valence-corrected chi connectivity index (χ1v) is 4.63. The molecule has 13 heavy (non-hydrogen) atoms. The maximum Gasteiger partial charge on any atom is 0.315 e. The van der Waals surface area contributed by atoms with Gasteiger partial charge in [0, 0.05) is 13.1 Å². The van der Waals surface area contributed by atoms with Crippen molar-refractivity contribution in [3.63, 3.8) is 0 Å². The number of alkyl halides is 2. The topological polar surface area (TPSA) is 20.3 Å². The van der Waals surface area contributed by atoms with Crippen molar-refractivity contribution in [3.8, 4) is 0 Å². The fraction of sp³-hybridized carbons (Fsp3) is 0.889. The summed E-state index contributed by atoms with van der Waals surface area (Å²) in [6.07, 6.45) is -1.89. The molecular weight excluding hydrogens is 176 g/mol. The van der Waals surface area contributed by atoms with Crippen LogP contribution in [0.15, 0.2) is 0 Å². The van der Waals surface area contributed by atoms with E-state index in [4.69, 9.17) is 0 Å². The molecule has 0 saturated carbocycles. The molecule has 1 rings (SSSR count). The van der Waals surface area contributed by atoms with Gasteiger partial charge in [-0.15, -0.1) is 0 Å². The summed E-state index contributed by atoms with van der Waals surface area (Å²) in [5.74, 6) is -0.266. The molecule has 0 spiro atoms. The molecule has 4 heteroatoms. The highest BCUT2D eigenvalue weighted by Crippen LogP contribution is 2.26. The van der Waals surface area contributed by atoms with E-state index in [1.165, 1.54) is 4.90 Å². The van der Waals surface area contributed by atoms with Crippen LogP contribution in [0.4, 0.5) is 8.78 Å². The summed E-state index contributed by atoms with van der Waals surface area (Å²) in [5.41, 5.74) is 0. The average Bonchev–Trinajstić information content (AvgIpc) is 2.45. The lowest BCUT2D eigenvalue weighted by atomic mass is 9.96. The zero-order chi connectivity index (χ0) is 10.0. The second kappa shape index (κ2) is 4.03. The molecule has 0 aromatic rings. The van der Waals surface area contributed by atoms with Crippen molar-refractivity contribution in [1.29, 1.82) is 0 Å². The zero-order valence-electron chi connectivity index (χ0n) is 7.96. The summed E-state index contributed by atoms with van der Waals surface area (Å²) in [6, 6.07) is 0. The summed E-state index contributed by atoms with van der Waals surface area (Å²) in [4.78, 5) is 12.2. The molecule has 1 aliphatic rings. The van der Waals surface area contributed by atoms with Crippen LogP contribution in [0.5, 0.6) is 0 Å². The number of hydrogen-bond donors (Lipinski definition) is 0. The van der Waals surface area contributed by atoms with Crippen molar-refractivity contribution < 1.29 is 13.6 Å². The van der Waals surface area contributed by atoms with Crippen molar-refractivity contribution in [2.45, 2.75) is 26.7 Å². The number of carbonyl (C=O) groups is 1. The third kappa shape index (κ3) is 2.17. The van der Waals surface area contributed by atoms with Crippen LogP contribution in [-0.2, 0) is 4.79 Å². The largest absolute Gasteiger partial charge is 0.337 e. The Hall–Kier alpha value is -0.670. The maximum absolute atomic E-state index is 12.0. The van der Waals surface area contributed by atoms with Gasteiger partial charge in [0.05, 0.1) is 0 Å². The third-order valence-electron chi connectivity index (χ3n) is 2.79. The lowest BCUT2D eigenvalue weighted by Crippen LogP contribution is -2.33. The molecule has 0 aromatic carbocycles. The fourth-order valence-corrected chi connectivity index (χ4v) is 1.88. The molecule has 2 atom stereocenters. The van der Waals surface area contributed by atoms with Gasteiger partial charge in [0.2, 0.25) is 0 Å². The average molecular weight is 191 g/mol. The van der Waals surface area contributed by atoms with E-state index in [1.807, 2.05) is 13.8 Å². The maximum atomic E-state index is 12.0.